The minimum Gasteiger partial charge on any atom is -0.497 e. The zero-order chi connectivity index (χ0) is 33.3. The minimum atomic E-state index is -4.19. The van der Waals surface area contributed by atoms with E-state index in [0.717, 1.165) is 25.5 Å². The van der Waals surface area contributed by atoms with Crippen LogP contribution in [0.2, 0.25) is 0 Å². The lowest BCUT2D eigenvalue weighted by Crippen LogP contribution is -2.54. The van der Waals surface area contributed by atoms with Gasteiger partial charge in [-0.1, -0.05) is 83.0 Å². The summed E-state index contributed by atoms with van der Waals surface area (Å²) in [5.74, 6) is -0.283. The molecule has 4 aromatic rings. The number of carbonyl (C=O) groups excluding carboxylic acids is 2. The number of hydrogen-bond acceptors (Lipinski definition) is 5. The molecule has 242 valence electrons. The zero-order valence-corrected chi connectivity index (χ0v) is 28.9. The van der Waals surface area contributed by atoms with Crippen LogP contribution in [0.15, 0.2) is 112 Å². The molecule has 0 heterocycles. The number of benzene rings is 4. The quantitative estimate of drug-likeness (QED) is 0.161. The van der Waals surface area contributed by atoms with Crippen molar-refractivity contribution in [3.63, 3.8) is 0 Å². The summed E-state index contributed by atoms with van der Waals surface area (Å²) in [5, 5.41) is 3.05. The van der Waals surface area contributed by atoms with Crippen molar-refractivity contribution < 1.29 is 22.7 Å². The van der Waals surface area contributed by atoms with Gasteiger partial charge in [0, 0.05) is 23.5 Å². The number of sulfonamides is 1. The highest BCUT2D eigenvalue weighted by Gasteiger charge is 2.35. The molecule has 0 fully saturated rings. The second-order valence-electron chi connectivity index (χ2n) is 11.2. The van der Waals surface area contributed by atoms with Gasteiger partial charge in [0.2, 0.25) is 11.8 Å². The molecule has 46 heavy (non-hydrogen) atoms. The molecular weight excluding hydrogens is 666 g/mol. The Labute approximate surface area is 280 Å². The molecule has 0 saturated carbocycles. The van der Waals surface area contributed by atoms with Gasteiger partial charge in [-0.3, -0.25) is 13.9 Å². The number of nitrogens with one attached hydrogen (secondary N) is 1. The molecule has 4 aromatic carbocycles. The smallest absolute Gasteiger partial charge is 0.264 e. The third-order valence-electron chi connectivity index (χ3n) is 7.76. The topological polar surface area (TPSA) is 96.0 Å². The van der Waals surface area contributed by atoms with Crippen molar-refractivity contribution in [1.82, 2.24) is 10.2 Å². The Balaban J connectivity index is 1.81. The van der Waals surface area contributed by atoms with Gasteiger partial charge in [-0.15, -0.1) is 0 Å². The van der Waals surface area contributed by atoms with Crippen LogP contribution in [0.1, 0.15) is 37.0 Å². The molecule has 0 aromatic heterocycles. The molecule has 0 aliphatic carbocycles. The first-order valence-corrected chi connectivity index (χ1v) is 17.4. The highest BCUT2D eigenvalue weighted by atomic mass is 79.9. The summed E-state index contributed by atoms with van der Waals surface area (Å²) < 4.78 is 35.6. The molecule has 0 aliphatic heterocycles. The van der Waals surface area contributed by atoms with Crippen LogP contribution >= 0.6 is 15.9 Å². The van der Waals surface area contributed by atoms with E-state index in [9.17, 15) is 18.0 Å². The number of aryl methyl sites for hydroxylation is 1. The van der Waals surface area contributed by atoms with Gasteiger partial charge >= 0.3 is 0 Å². The van der Waals surface area contributed by atoms with E-state index < -0.39 is 28.5 Å². The van der Waals surface area contributed by atoms with E-state index in [4.69, 9.17) is 4.74 Å². The predicted molar refractivity (Wildman–Crippen MR) is 185 cm³/mol. The zero-order valence-electron chi connectivity index (χ0n) is 26.5. The molecule has 0 spiro atoms. The number of rotatable bonds is 14. The first-order chi connectivity index (χ1) is 22.0. The molecule has 8 nitrogen and oxygen atoms in total. The lowest BCUT2D eigenvalue weighted by molar-refractivity contribution is -0.140. The van der Waals surface area contributed by atoms with Crippen molar-refractivity contribution in [2.75, 3.05) is 18.0 Å². The SMILES string of the molecule is CC[C@@H](C)NC(=O)[C@@H](Cc1ccccc1)N(Cc1cccc(Br)c1)C(=O)CN(c1ccc(OC)cc1)S(=O)(=O)c1ccc(C)cc1. The lowest BCUT2D eigenvalue weighted by Gasteiger charge is -2.34. The average Bonchev–Trinajstić information content (AvgIpc) is 3.05. The van der Waals surface area contributed by atoms with E-state index in [1.165, 1.54) is 24.1 Å². The molecule has 0 saturated heterocycles. The molecule has 4 rings (SSSR count). The lowest BCUT2D eigenvalue weighted by atomic mass is 10.0. The highest BCUT2D eigenvalue weighted by molar-refractivity contribution is 9.10. The highest BCUT2D eigenvalue weighted by Crippen LogP contribution is 2.27. The monoisotopic (exact) mass is 705 g/mol. The second kappa shape index (κ2) is 15.9. The Bertz CT molecular complexity index is 1720. The molecule has 0 unspecified atom stereocenters. The van der Waals surface area contributed by atoms with Gasteiger partial charge in [-0.05, 0) is 79.9 Å². The van der Waals surface area contributed by atoms with Gasteiger partial charge in [0.25, 0.3) is 10.0 Å². The second-order valence-corrected chi connectivity index (χ2v) is 14.0. The van der Waals surface area contributed by atoms with Crippen LogP contribution in [0.25, 0.3) is 0 Å². The Kier molecular flexibility index (Phi) is 12.0. The number of anilines is 1. The largest absolute Gasteiger partial charge is 0.497 e. The maximum absolute atomic E-state index is 14.6. The van der Waals surface area contributed by atoms with Crippen molar-refractivity contribution in [2.24, 2.45) is 0 Å². The summed E-state index contributed by atoms with van der Waals surface area (Å²) in [4.78, 5) is 30.0. The summed E-state index contributed by atoms with van der Waals surface area (Å²) in [6, 6.07) is 29.0. The van der Waals surface area contributed by atoms with E-state index in [0.29, 0.717) is 17.9 Å². The van der Waals surface area contributed by atoms with Crippen LogP contribution in [0.5, 0.6) is 5.75 Å². The Morgan fingerprint density at radius 2 is 1.54 bits per heavy atom. The number of carbonyl (C=O) groups is 2. The molecule has 0 bridgehead atoms. The Morgan fingerprint density at radius 1 is 0.891 bits per heavy atom. The van der Waals surface area contributed by atoms with E-state index in [-0.39, 0.29) is 29.8 Å². The number of hydrogen-bond donors (Lipinski definition) is 1. The fourth-order valence-corrected chi connectivity index (χ4v) is 6.80. The minimum absolute atomic E-state index is 0.0515. The number of halogens is 1. The standard InChI is InChI=1S/C36H40BrN3O5S/c1-5-27(3)38-36(42)34(23-28-10-7-6-8-11-28)39(24-29-12-9-13-30(37)22-29)35(41)25-40(31-16-18-32(45-4)19-17-31)46(43,44)33-20-14-26(2)15-21-33/h6-22,27,34H,5,23-25H2,1-4H3,(H,38,42)/t27-,34-/m1/s1. The van der Waals surface area contributed by atoms with Crippen LogP contribution in [-0.4, -0.2) is 50.9 Å². The first-order valence-electron chi connectivity index (χ1n) is 15.1. The van der Waals surface area contributed by atoms with Gasteiger partial charge in [0.05, 0.1) is 17.7 Å². The molecule has 0 radical (unpaired) electrons. The molecule has 10 heteroatoms. The summed E-state index contributed by atoms with van der Waals surface area (Å²) in [6.45, 7) is 5.32. The maximum atomic E-state index is 14.6. The number of methoxy groups -OCH3 is 1. The van der Waals surface area contributed by atoms with Gasteiger partial charge in [0.15, 0.2) is 0 Å². The van der Waals surface area contributed by atoms with Crippen LogP contribution in [0.3, 0.4) is 0 Å². The Morgan fingerprint density at radius 3 is 2.15 bits per heavy atom. The van der Waals surface area contributed by atoms with Gasteiger partial charge in [-0.25, -0.2) is 8.42 Å². The van der Waals surface area contributed by atoms with Crippen molar-refractivity contribution in [2.45, 2.75) is 57.1 Å². The third-order valence-corrected chi connectivity index (χ3v) is 10.0. The summed E-state index contributed by atoms with van der Waals surface area (Å²) in [7, 11) is -2.67. The third kappa shape index (κ3) is 8.98. The molecule has 2 atom stereocenters. The van der Waals surface area contributed by atoms with Crippen molar-refractivity contribution in [3.8, 4) is 5.75 Å². The van der Waals surface area contributed by atoms with E-state index >= 15 is 0 Å². The number of ether oxygens (including phenoxy) is 1. The maximum Gasteiger partial charge on any atom is 0.264 e. The van der Waals surface area contributed by atoms with Crippen molar-refractivity contribution in [3.05, 3.63) is 124 Å². The fourth-order valence-electron chi connectivity index (χ4n) is 4.94. The molecule has 1 N–H and O–H groups in total. The van der Waals surface area contributed by atoms with Gasteiger partial charge in [-0.2, -0.15) is 0 Å². The van der Waals surface area contributed by atoms with E-state index in [1.54, 1.807) is 36.4 Å². The van der Waals surface area contributed by atoms with Crippen LogP contribution < -0.4 is 14.4 Å². The molecule has 0 aliphatic rings. The number of nitrogens with zero attached hydrogens (tertiary/aromatic N) is 2. The summed E-state index contributed by atoms with van der Waals surface area (Å²) in [5.41, 5.74) is 2.86. The predicted octanol–water partition coefficient (Wildman–Crippen LogP) is 6.52. The normalized spacial score (nSPS) is 12.5. The van der Waals surface area contributed by atoms with E-state index in [1.807, 2.05) is 75.4 Å². The summed E-state index contributed by atoms with van der Waals surface area (Å²) >= 11 is 3.51. The van der Waals surface area contributed by atoms with Crippen LogP contribution in [0.4, 0.5) is 5.69 Å². The van der Waals surface area contributed by atoms with Crippen molar-refractivity contribution >= 4 is 43.5 Å². The fraction of sp³-hybridized carbons (Fsp3) is 0.278. The number of amides is 2. The van der Waals surface area contributed by atoms with Crippen LogP contribution in [0, 0.1) is 6.92 Å². The average molecular weight is 707 g/mol. The Hall–Kier alpha value is -4.15. The van der Waals surface area contributed by atoms with E-state index in [2.05, 4.69) is 21.2 Å². The molecule has 2 amide bonds. The van der Waals surface area contributed by atoms with Gasteiger partial charge < -0.3 is 15.0 Å². The summed E-state index contributed by atoms with van der Waals surface area (Å²) in [6.07, 6.45) is 0.958. The first kappa shape index (κ1) is 34.7. The van der Waals surface area contributed by atoms with Gasteiger partial charge in [0.1, 0.15) is 18.3 Å². The van der Waals surface area contributed by atoms with Crippen molar-refractivity contribution in [1.29, 1.82) is 0 Å². The van der Waals surface area contributed by atoms with Crippen LogP contribution in [-0.2, 0) is 32.6 Å². The molecular formula is C36H40BrN3O5S.